The third-order valence-electron chi connectivity index (χ3n) is 6.61. The molecular weight excluding hydrogens is 556 g/mol. The molecule has 0 unspecified atom stereocenters. The summed E-state index contributed by atoms with van der Waals surface area (Å²) in [5, 5.41) is 18.0. The maximum atomic E-state index is 9.02. The Morgan fingerprint density at radius 1 is 0.513 bits per heavy atom. The van der Waals surface area contributed by atoms with Crippen molar-refractivity contribution < 1.29 is 36.4 Å². The standard InChI is InChI=1S/2C10H14O.2C8H11.Zr/c2*1-10(2,3)8-4-6-9(11)7-5-8;2*1-6-4-7(2)8(3)5-6;/h2*4-7,11H,1-3H3;2*4H2,1-3H3;/q;;2*-1;+2. The van der Waals surface area contributed by atoms with E-state index >= 15 is 0 Å². The molecule has 2 aromatic carbocycles. The molecule has 0 atom stereocenters. The summed E-state index contributed by atoms with van der Waals surface area (Å²) in [5.74, 6) is 0.663. The van der Waals surface area contributed by atoms with E-state index in [-0.39, 0.29) is 37.0 Å². The van der Waals surface area contributed by atoms with Gasteiger partial charge in [0.25, 0.3) is 0 Å². The fourth-order valence-corrected chi connectivity index (χ4v) is 3.93. The van der Waals surface area contributed by atoms with E-state index in [0.29, 0.717) is 11.5 Å². The van der Waals surface area contributed by atoms with Gasteiger partial charge in [-0.15, -0.1) is 13.8 Å². The Hall–Kier alpha value is -2.12. The molecule has 0 radical (unpaired) electrons. The van der Waals surface area contributed by atoms with Gasteiger partial charge in [0.15, 0.2) is 0 Å². The Morgan fingerprint density at radius 2 is 0.769 bits per heavy atom. The first-order chi connectivity index (χ1) is 17.4. The van der Waals surface area contributed by atoms with Crippen LogP contribution in [0.5, 0.6) is 11.5 Å². The van der Waals surface area contributed by atoms with Crippen molar-refractivity contribution in [1.29, 1.82) is 0 Å². The predicted molar refractivity (Wildman–Crippen MR) is 164 cm³/mol. The largest absolute Gasteiger partial charge is 2.00 e. The monoisotopic (exact) mass is 604 g/mol. The van der Waals surface area contributed by atoms with Gasteiger partial charge in [-0.1, -0.05) is 106 Å². The van der Waals surface area contributed by atoms with Crippen LogP contribution in [0.15, 0.2) is 82.0 Å². The van der Waals surface area contributed by atoms with Crippen LogP contribution >= 0.6 is 0 Å². The molecule has 0 saturated heterocycles. The van der Waals surface area contributed by atoms with Crippen LogP contribution in [-0.4, -0.2) is 10.2 Å². The third kappa shape index (κ3) is 14.2. The molecule has 0 aromatic heterocycles. The summed E-state index contributed by atoms with van der Waals surface area (Å²) in [6.07, 6.45) is 8.81. The van der Waals surface area contributed by atoms with E-state index in [9.17, 15) is 0 Å². The van der Waals surface area contributed by atoms with E-state index in [0.717, 1.165) is 12.8 Å². The predicted octanol–water partition coefficient (Wildman–Crippen LogP) is 10.3. The fourth-order valence-electron chi connectivity index (χ4n) is 3.93. The van der Waals surface area contributed by atoms with Crippen LogP contribution in [-0.2, 0) is 37.0 Å². The molecule has 0 spiro atoms. The zero-order valence-electron chi connectivity index (χ0n) is 26.4. The summed E-state index contributed by atoms with van der Waals surface area (Å²) in [7, 11) is 0. The molecule has 4 rings (SSSR count). The van der Waals surface area contributed by atoms with Crippen LogP contribution in [0, 0.1) is 12.2 Å². The zero-order valence-corrected chi connectivity index (χ0v) is 28.9. The van der Waals surface area contributed by atoms with E-state index in [2.05, 4.69) is 95.2 Å². The van der Waals surface area contributed by atoms with Gasteiger partial charge < -0.3 is 10.2 Å². The maximum absolute atomic E-state index is 9.02. The molecule has 39 heavy (non-hydrogen) atoms. The Morgan fingerprint density at radius 3 is 0.897 bits per heavy atom. The molecule has 3 heteroatoms. The van der Waals surface area contributed by atoms with Gasteiger partial charge in [0.2, 0.25) is 0 Å². The molecule has 0 aliphatic heterocycles. The first-order valence-corrected chi connectivity index (χ1v) is 13.5. The minimum atomic E-state index is 0. The van der Waals surface area contributed by atoms with Crippen molar-refractivity contribution in [3.8, 4) is 11.5 Å². The molecule has 2 aliphatic carbocycles. The Bertz CT molecular complexity index is 1070. The molecular formula is C36H50O2Zr. The van der Waals surface area contributed by atoms with Crippen molar-refractivity contribution in [3.05, 3.63) is 105 Å². The normalized spacial score (nSPS) is 14.6. The summed E-state index contributed by atoms with van der Waals surface area (Å²) in [6, 6.07) is 14.7. The van der Waals surface area contributed by atoms with Crippen LogP contribution in [0.2, 0.25) is 0 Å². The van der Waals surface area contributed by atoms with Crippen LogP contribution in [0.25, 0.3) is 0 Å². The zero-order chi connectivity index (χ0) is 29.3. The molecule has 0 bridgehead atoms. The van der Waals surface area contributed by atoms with Crippen molar-refractivity contribution in [2.45, 2.75) is 107 Å². The quantitative estimate of drug-likeness (QED) is 0.293. The van der Waals surface area contributed by atoms with Gasteiger partial charge in [-0.2, -0.15) is 11.1 Å². The molecule has 0 amide bonds. The summed E-state index contributed by atoms with van der Waals surface area (Å²) >= 11 is 0. The van der Waals surface area contributed by atoms with Gasteiger partial charge in [-0.3, -0.25) is 0 Å². The number of benzene rings is 2. The Labute approximate surface area is 258 Å². The van der Waals surface area contributed by atoms with Crippen molar-refractivity contribution in [2.75, 3.05) is 0 Å². The molecule has 210 valence electrons. The first-order valence-electron chi connectivity index (χ1n) is 13.5. The summed E-state index contributed by atoms with van der Waals surface area (Å²) < 4.78 is 0. The second-order valence-electron chi connectivity index (χ2n) is 12.6. The molecule has 2 nitrogen and oxygen atoms in total. The number of rotatable bonds is 0. The molecule has 0 saturated carbocycles. The Kier molecular flexibility index (Phi) is 15.3. The van der Waals surface area contributed by atoms with E-state index in [4.69, 9.17) is 10.2 Å². The van der Waals surface area contributed by atoms with Gasteiger partial charge >= 0.3 is 26.2 Å². The maximum Gasteiger partial charge on any atom is 2.00 e. The van der Waals surface area contributed by atoms with Gasteiger partial charge in [0, 0.05) is 0 Å². The summed E-state index contributed by atoms with van der Waals surface area (Å²) in [4.78, 5) is 0. The molecule has 2 aliphatic rings. The van der Waals surface area contributed by atoms with Crippen LogP contribution in [0.1, 0.15) is 107 Å². The van der Waals surface area contributed by atoms with Gasteiger partial charge in [0.1, 0.15) is 11.5 Å². The van der Waals surface area contributed by atoms with Crippen molar-refractivity contribution in [2.24, 2.45) is 0 Å². The van der Waals surface area contributed by atoms with Crippen LogP contribution < -0.4 is 0 Å². The third-order valence-corrected chi connectivity index (χ3v) is 6.61. The van der Waals surface area contributed by atoms with Crippen molar-refractivity contribution in [3.63, 3.8) is 0 Å². The van der Waals surface area contributed by atoms with Crippen molar-refractivity contribution >= 4 is 0 Å². The van der Waals surface area contributed by atoms with Gasteiger partial charge in [-0.05, 0) is 46.2 Å². The molecule has 2 aromatic rings. The molecule has 2 N–H and O–H groups in total. The second-order valence-corrected chi connectivity index (χ2v) is 12.6. The smallest absolute Gasteiger partial charge is 0.508 e. The summed E-state index contributed by atoms with van der Waals surface area (Å²) in [6.45, 7) is 25.7. The minimum Gasteiger partial charge on any atom is -0.508 e. The second kappa shape index (κ2) is 16.2. The topological polar surface area (TPSA) is 40.5 Å². The minimum absolute atomic E-state index is 0. The number of hydrogen-bond donors (Lipinski definition) is 2. The van der Waals surface area contributed by atoms with E-state index in [1.165, 1.54) is 44.6 Å². The SMILES string of the molecule is CC(C)(C)c1ccc(O)cc1.CC(C)(C)c1ccc(O)cc1.CC1=[C-]C(C)=C(C)C1.CC1=[C-]C(C)=C(C)C1.[Zr+2]. The number of phenols is 2. The number of phenolic OH excluding ortho intramolecular Hbond substituents is 2. The average Bonchev–Trinajstić information content (AvgIpc) is 3.25. The summed E-state index contributed by atoms with van der Waals surface area (Å²) in [5.41, 5.74) is 11.2. The molecule has 0 fully saturated rings. The number of aromatic hydroxyl groups is 2. The van der Waals surface area contributed by atoms with E-state index < -0.39 is 0 Å². The van der Waals surface area contributed by atoms with E-state index in [1.807, 2.05) is 24.3 Å². The first kappa shape index (κ1) is 36.9. The molecule has 0 heterocycles. The van der Waals surface area contributed by atoms with Gasteiger partial charge in [-0.25, -0.2) is 34.4 Å². The Balaban J connectivity index is 0.000000495. The van der Waals surface area contributed by atoms with Crippen molar-refractivity contribution in [1.82, 2.24) is 0 Å². The number of hydrogen-bond acceptors (Lipinski definition) is 2. The van der Waals surface area contributed by atoms with Crippen LogP contribution in [0.4, 0.5) is 0 Å². The fraction of sp³-hybridized carbons (Fsp3) is 0.444. The number of allylic oxidation sites excluding steroid dienone is 8. The van der Waals surface area contributed by atoms with Gasteiger partial charge in [0.05, 0.1) is 0 Å². The van der Waals surface area contributed by atoms with Crippen LogP contribution in [0.3, 0.4) is 0 Å². The average molecular weight is 606 g/mol. The van der Waals surface area contributed by atoms with E-state index in [1.54, 1.807) is 24.3 Å².